The molecule has 1 atom stereocenters. The molecule has 3 heterocycles. The second-order valence-corrected chi connectivity index (χ2v) is 7.07. The zero-order valence-electron chi connectivity index (χ0n) is 14.1. The van der Waals surface area contributed by atoms with Crippen molar-refractivity contribution in [2.24, 2.45) is 5.10 Å². The molecule has 1 unspecified atom stereocenters. The Hall–Kier alpha value is -2.16. The second kappa shape index (κ2) is 7.38. The summed E-state index contributed by atoms with van der Waals surface area (Å²) < 4.78 is 6.21. The molecule has 0 amide bonds. The normalized spacial score (nSPS) is 19.4. The predicted molar refractivity (Wildman–Crippen MR) is 98.0 cm³/mol. The molecule has 25 heavy (non-hydrogen) atoms. The van der Waals surface area contributed by atoms with Gasteiger partial charge in [0.05, 0.1) is 5.01 Å². The number of benzene rings is 1. The molecule has 7 nitrogen and oxygen atoms in total. The first-order valence-corrected chi connectivity index (χ1v) is 9.38. The van der Waals surface area contributed by atoms with Gasteiger partial charge < -0.3 is 10.1 Å². The van der Waals surface area contributed by atoms with Crippen molar-refractivity contribution >= 4 is 17.7 Å². The minimum absolute atomic E-state index is 0.372. The van der Waals surface area contributed by atoms with E-state index in [0.717, 1.165) is 37.4 Å². The third-order valence-electron chi connectivity index (χ3n) is 4.33. The van der Waals surface area contributed by atoms with Crippen LogP contribution in [-0.4, -0.2) is 41.6 Å². The average Bonchev–Trinajstić information content (AvgIpc) is 3.31. The van der Waals surface area contributed by atoms with Crippen molar-refractivity contribution in [3.8, 4) is 5.75 Å². The van der Waals surface area contributed by atoms with Crippen molar-refractivity contribution in [1.82, 2.24) is 26.0 Å². The van der Waals surface area contributed by atoms with E-state index in [9.17, 15) is 0 Å². The number of hydrogen-bond acceptors (Lipinski definition) is 8. The fraction of sp³-hybridized carbons (Fsp3) is 0.412. The van der Waals surface area contributed by atoms with Crippen molar-refractivity contribution in [2.75, 3.05) is 20.1 Å². The van der Waals surface area contributed by atoms with Gasteiger partial charge in [-0.1, -0.05) is 18.2 Å². The SMILES string of the molecule is CN1N=CN(C(Oc2ccccc2)c2csc(C3CCNCC3)n2)N1. The van der Waals surface area contributed by atoms with Crippen LogP contribution >= 0.6 is 11.3 Å². The maximum atomic E-state index is 6.21. The lowest BCUT2D eigenvalue weighted by atomic mass is 9.99. The Kier molecular flexibility index (Phi) is 4.82. The van der Waals surface area contributed by atoms with E-state index in [1.165, 1.54) is 5.01 Å². The lowest BCUT2D eigenvalue weighted by Gasteiger charge is -2.26. The summed E-state index contributed by atoms with van der Waals surface area (Å²) in [6.07, 6.45) is 3.63. The molecule has 0 bridgehead atoms. The van der Waals surface area contributed by atoms with Gasteiger partial charge in [0.25, 0.3) is 0 Å². The van der Waals surface area contributed by atoms with Crippen molar-refractivity contribution in [1.29, 1.82) is 0 Å². The predicted octanol–water partition coefficient (Wildman–Crippen LogP) is 2.30. The third-order valence-corrected chi connectivity index (χ3v) is 5.36. The summed E-state index contributed by atoms with van der Waals surface area (Å²) in [6, 6.07) is 9.80. The van der Waals surface area contributed by atoms with Gasteiger partial charge in [0.15, 0.2) is 0 Å². The molecule has 0 radical (unpaired) electrons. The molecule has 8 heteroatoms. The monoisotopic (exact) mass is 358 g/mol. The molecule has 1 aromatic heterocycles. The van der Waals surface area contributed by atoms with Gasteiger partial charge in [-0.2, -0.15) is 0 Å². The van der Waals surface area contributed by atoms with Crippen LogP contribution in [0.2, 0.25) is 0 Å². The number of aromatic nitrogens is 1. The van der Waals surface area contributed by atoms with E-state index in [2.05, 4.69) is 21.3 Å². The summed E-state index contributed by atoms with van der Waals surface area (Å²) >= 11 is 1.72. The van der Waals surface area contributed by atoms with Gasteiger partial charge in [-0.25, -0.2) is 15.1 Å². The Morgan fingerprint density at radius 2 is 2.04 bits per heavy atom. The van der Waals surface area contributed by atoms with E-state index in [0.29, 0.717) is 5.92 Å². The molecule has 1 saturated heterocycles. The summed E-state index contributed by atoms with van der Waals surface area (Å²) in [5.74, 6) is 1.34. The number of hydrazone groups is 1. The number of rotatable bonds is 5. The largest absolute Gasteiger partial charge is 0.463 e. The van der Waals surface area contributed by atoms with Crippen LogP contribution in [0.1, 0.15) is 35.7 Å². The summed E-state index contributed by atoms with van der Waals surface area (Å²) in [5.41, 5.74) is 4.04. The van der Waals surface area contributed by atoms with Crippen LogP contribution < -0.4 is 15.6 Å². The van der Waals surface area contributed by atoms with Crippen molar-refractivity contribution in [3.05, 3.63) is 46.4 Å². The van der Waals surface area contributed by atoms with E-state index in [-0.39, 0.29) is 6.23 Å². The fourth-order valence-corrected chi connectivity index (χ4v) is 4.02. The number of hydrogen-bond donors (Lipinski definition) is 2. The van der Waals surface area contributed by atoms with Gasteiger partial charge in [0.1, 0.15) is 17.8 Å². The van der Waals surface area contributed by atoms with E-state index in [1.807, 2.05) is 42.4 Å². The summed E-state index contributed by atoms with van der Waals surface area (Å²) in [4.78, 5) is 4.90. The highest BCUT2D eigenvalue weighted by Crippen LogP contribution is 2.32. The molecule has 0 aliphatic carbocycles. The molecule has 0 saturated carbocycles. The molecule has 0 spiro atoms. The average molecular weight is 358 g/mol. The maximum Gasteiger partial charge on any atom is 0.232 e. The minimum Gasteiger partial charge on any atom is -0.463 e. The Morgan fingerprint density at radius 3 is 2.76 bits per heavy atom. The molecule has 1 fully saturated rings. The molecule has 132 valence electrons. The van der Waals surface area contributed by atoms with E-state index >= 15 is 0 Å². The van der Waals surface area contributed by atoms with Gasteiger partial charge >= 0.3 is 0 Å². The topological polar surface area (TPSA) is 65.0 Å². The number of thiazole rings is 1. The zero-order chi connectivity index (χ0) is 17.1. The quantitative estimate of drug-likeness (QED) is 0.855. The fourth-order valence-electron chi connectivity index (χ4n) is 3.02. The smallest absolute Gasteiger partial charge is 0.232 e. The zero-order valence-corrected chi connectivity index (χ0v) is 14.9. The molecule has 2 aromatic rings. The number of hydrazine groups is 2. The summed E-state index contributed by atoms with van der Waals surface area (Å²) in [6.45, 7) is 2.13. The first-order valence-electron chi connectivity index (χ1n) is 8.50. The van der Waals surface area contributed by atoms with E-state index in [4.69, 9.17) is 9.72 Å². The molecule has 2 aliphatic rings. The summed E-state index contributed by atoms with van der Waals surface area (Å²) in [7, 11) is 1.84. The maximum absolute atomic E-state index is 6.21. The van der Waals surface area contributed by atoms with Crippen molar-refractivity contribution < 1.29 is 4.74 Å². The number of para-hydroxylation sites is 1. The number of nitrogens with one attached hydrogen (secondary N) is 2. The van der Waals surface area contributed by atoms with Crippen LogP contribution in [-0.2, 0) is 0 Å². The van der Waals surface area contributed by atoms with Crippen LogP contribution in [0.3, 0.4) is 0 Å². The third kappa shape index (κ3) is 3.76. The Morgan fingerprint density at radius 1 is 1.24 bits per heavy atom. The molecule has 4 rings (SSSR count). The Bertz CT molecular complexity index is 715. The van der Waals surface area contributed by atoms with Gasteiger partial charge in [-0.15, -0.1) is 22.0 Å². The molecule has 2 aliphatic heterocycles. The highest BCUT2D eigenvalue weighted by Gasteiger charge is 2.28. The van der Waals surface area contributed by atoms with Crippen molar-refractivity contribution in [2.45, 2.75) is 25.0 Å². The molecular formula is C17H22N6OS. The lowest BCUT2D eigenvalue weighted by Crippen LogP contribution is -2.43. The van der Waals surface area contributed by atoms with Gasteiger partial charge in [0.2, 0.25) is 6.23 Å². The second-order valence-electron chi connectivity index (χ2n) is 6.18. The standard InChI is InChI=1S/C17H22N6OS/c1-22-19-12-23(21-22)17(24-14-5-3-2-4-6-14)15-11-25-16(20-15)13-7-9-18-10-8-13/h2-6,11-13,17-18,21H,7-10H2,1H3. The van der Waals surface area contributed by atoms with Crippen LogP contribution in [0, 0.1) is 0 Å². The van der Waals surface area contributed by atoms with E-state index in [1.54, 1.807) is 22.8 Å². The number of piperidine rings is 1. The minimum atomic E-state index is -0.372. The highest BCUT2D eigenvalue weighted by atomic mass is 32.1. The van der Waals surface area contributed by atoms with Crippen LogP contribution in [0.25, 0.3) is 0 Å². The number of ether oxygens (including phenoxy) is 1. The lowest BCUT2D eigenvalue weighted by molar-refractivity contribution is 0.00262. The van der Waals surface area contributed by atoms with Crippen molar-refractivity contribution in [3.63, 3.8) is 0 Å². The van der Waals surface area contributed by atoms with Crippen LogP contribution in [0.15, 0.2) is 40.8 Å². The van der Waals surface area contributed by atoms with Gasteiger partial charge in [-0.05, 0) is 38.1 Å². The van der Waals surface area contributed by atoms with E-state index < -0.39 is 0 Å². The molecule has 2 N–H and O–H groups in total. The Labute approximate surface area is 151 Å². The van der Waals surface area contributed by atoms with Gasteiger partial charge in [-0.3, -0.25) is 0 Å². The molecular weight excluding hydrogens is 336 g/mol. The molecule has 1 aromatic carbocycles. The van der Waals surface area contributed by atoms with Crippen LogP contribution in [0.5, 0.6) is 5.75 Å². The summed E-state index contributed by atoms with van der Waals surface area (Å²) in [5, 5.41) is 14.4. The van der Waals surface area contributed by atoms with Crippen LogP contribution in [0.4, 0.5) is 0 Å². The highest BCUT2D eigenvalue weighted by molar-refractivity contribution is 7.09. The first-order chi connectivity index (χ1) is 12.3. The Balaban J connectivity index is 1.57. The van der Waals surface area contributed by atoms with Gasteiger partial charge in [0, 0.05) is 18.3 Å². The first kappa shape index (κ1) is 16.3. The number of nitrogens with zero attached hydrogens (tertiary/aromatic N) is 4.